The first-order chi connectivity index (χ1) is 19.3. The number of fused-ring (bicyclic) bond motifs is 9. The Kier molecular flexibility index (Phi) is 4.05. The smallest absolute Gasteiger partial charge is 0.143 e. The summed E-state index contributed by atoms with van der Waals surface area (Å²) in [5.41, 5.74) is 9.16. The summed E-state index contributed by atoms with van der Waals surface area (Å²) in [7, 11) is 0. The molecule has 0 spiro atoms. The molecule has 3 aromatic heterocycles. The Labute approximate surface area is 223 Å². The first-order valence-electron chi connectivity index (χ1n) is 13.2. The van der Waals surface area contributed by atoms with Crippen molar-refractivity contribution in [3.05, 3.63) is 127 Å². The standard InChI is InChI=1S/C36H21NO2/c1-4-13-31-25(8-1)26-9-2-5-14-32(26)37(31)23-17-19-29-30-12-7-11-24(36(30)39-35(29)21-23)22-16-18-28-27-10-3-6-15-33(27)38-34(28)20-22/h1-21H. The van der Waals surface area contributed by atoms with E-state index in [0.717, 1.165) is 60.7 Å². The Bertz CT molecular complexity index is 2350. The number of nitrogens with zero attached hydrogens (tertiary/aromatic N) is 1. The van der Waals surface area contributed by atoms with Crippen LogP contribution in [0, 0.1) is 0 Å². The predicted molar refractivity (Wildman–Crippen MR) is 161 cm³/mol. The number of para-hydroxylation sites is 4. The zero-order chi connectivity index (χ0) is 25.5. The fourth-order valence-electron chi connectivity index (χ4n) is 6.25. The maximum Gasteiger partial charge on any atom is 0.143 e. The summed E-state index contributed by atoms with van der Waals surface area (Å²) < 4.78 is 15.1. The van der Waals surface area contributed by atoms with E-state index >= 15 is 0 Å². The van der Waals surface area contributed by atoms with Gasteiger partial charge in [0.2, 0.25) is 0 Å². The summed E-state index contributed by atoms with van der Waals surface area (Å²) in [6, 6.07) is 44.7. The normalized spacial score (nSPS) is 12.1. The number of benzene rings is 6. The van der Waals surface area contributed by atoms with Crippen LogP contribution < -0.4 is 0 Å². The van der Waals surface area contributed by atoms with E-state index in [1.807, 2.05) is 18.2 Å². The molecule has 3 heterocycles. The average Bonchev–Trinajstić information content (AvgIpc) is 3.65. The summed E-state index contributed by atoms with van der Waals surface area (Å²) in [5.74, 6) is 0. The summed E-state index contributed by atoms with van der Waals surface area (Å²) in [6.07, 6.45) is 0. The maximum absolute atomic E-state index is 6.63. The van der Waals surface area contributed by atoms with Crippen molar-refractivity contribution in [2.24, 2.45) is 0 Å². The molecule has 0 aliphatic rings. The van der Waals surface area contributed by atoms with Gasteiger partial charge in [-0.05, 0) is 48.0 Å². The minimum absolute atomic E-state index is 0.877. The van der Waals surface area contributed by atoms with Crippen molar-refractivity contribution in [3.8, 4) is 16.8 Å². The molecule has 0 saturated carbocycles. The fourth-order valence-corrected chi connectivity index (χ4v) is 6.25. The third-order valence-corrected chi connectivity index (χ3v) is 8.01. The van der Waals surface area contributed by atoms with Gasteiger partial charge in [-0.3, -0.25) is 0 Å². The Morgan fingerprint density at radius 3 is 1.85 bits per heavy atom. The Balaban J connectivity index is 1.26. The van der Waals surface area contributed by atoms with Gasteiger partial charge < -0.3 is 13.4 Å². The van der Waals surface area contributed by atoms with Gasteiger partial charge >= 0.3 is 0 Å². The zero-order valence-corrected chi connectivity index (χ0v) is 20.9. The lowest BCUT2D eigenvalue weighted by atomic mass is 10.0. The van der Waals surface area contributed by atoms with Crippen molar-refractivity contribution >= 4 is 65.7 Å². The van der Waals surface area contributed by atoms with Crippen LogP contribution in [0.5, 0.6) is 0 Å². The first kappa shape index (κ1) is 20.7. The molecule has 0 bridgehead atoms. The number of hydrogen-bond acceptors (Lipinski definition) is 2. The van der Waals surface area contributed by atoms with Crippen LogP contribution in [0.2, 0.25) is 0 Å². The molecule has 0 fully saturated rings. The third kappa shape index (κ3) is 2.87. The molecule has 3 heteroatoms. The SMILES string of the molecule is c1ccc2c(c1)oc1cc(-c3cccc4c3oc3cc(-n5c6ccccc6c6ccccc65)ccc34)ccc12. The summed E-state index contributed by atoms with van der Waals surface area (Å²) in [4.78, 5) is 0. The van der Waals surface area contributed by atoms with Crippen molar-refractivity contribution < 1.29 is 8.83 Å². The molecular weight excluding hydrogens is 478 g/mol. The first-order valence-corrected chi connectivity index (χ1v) is 13.2. The van der Waals surface area contributed by atoms with Gasteiger partial charge in [0, 0.05) is 49.6 Å². The lowest BCUT2D eigenvalue weighted by Crippen LogP contribution is -1.93. The highest BCUT2D eigenvalue weighted by atomic mass is 16.3. The summed E-state index contributed by atoms with van der Waals surface area (Å²) in [6.45, 7) is 0. The molecule has 0 unspecified atom stereocenters. The van der Waals surface area contributed by atoms with Crippen molar-refractivity contribution in [2.45, 2.75) is 0 Å². The molecule has 0 aliphatic heterocycles. The quantitative estimate of drug-likeness (QED) is 0.237. The lowest BCUT2D eigenvalue weighted by Gasteiger charge is -2.07. The Morgan fingerprint density at radius 2 is 1.03 bits per heavy atom. The van der Waals surface area contributed by atoms with Crippen LogP contribution in [-0.4, -0.2) is 4.57 Å². The molecular formula is C36H21NO2. The molecule has 0 N–H and O–H groups in total. The molecule has 182 valence electrons. The van der Waals surface area contributed by atoms with Gasteiger partial charge in [-0.15, -0.1) is 0 Å². The van der Waals surface area contributed by atoms with Crippen LogP contribution in [0.4, 0.5) is 0 Å². The minimum atomic E-state index is 0.877. The van der Waals surface area contributed by atoms with Crippen molar-refractivity contribution in [1.29, 1.82) is 0 Å². The second kappa shape index (κ2) is 7.62. The molecule has 9 rings (SSSR count). The van der Waals surface area contributed by atoms with Crippen molar-refractivity contribution in [1.82, 2.24) is 4.57 Å². The Hall–Kier alpha value is -5.28. The largest absolute Gasteiger partial charge is 0.456 e. The topological polar surface area (TPSA) is 31.2 Å². The van der Waals surface area contributed by atoms with E-state index in [2.05, 4.69) is 114 Å². The van der Waals surface area contributed by atoms with Crippen LogP contribution in [0.1, 0.15) is 0 Å². The van der Waals surface area contributed by atoms with E-state index in [1.165, 1.54) is 21.8 Å². The van der Waals surface area contributed by atoms with Crippen LogP contribution in [0.15, 0.2) is 136 Å². The highest BCUT2D eigenvalue weighted by Crippen LogP contribution is 2.40. The van der Waals surface area contributed by atoms with Gasteiger partial charge in [0.15, 0.2) is 0 Å². The van der Waals surface area contributed by atoms with E-state index in [-0.39, 0.29) is 0 Å². The molecule has 0 amide bonds. The Morgan fingerprint density at radius 1 is 0.410 bits per heavy atom. The number of furan rings is 2. The van der Waals surface area contributed by atoms with Gasteiger partial charge in [-0.2, -0.15) is 0 Å². The van der Waals surface area contributed by atoms with E-state index in [9.17, 15) is 0 Å². The minimum Gasteiger partial charge on any atom is -0.456 e. The second-order valence-electron chi connectivity index (χ2n) is 10.1. The molecule has 3 nitrogen and oxygen atoms in total. The summed E-state index contributed by atoms with van der Waals surface area (Å²) >= 11 is 0. The van der Waals surface area contributed by atoms with E-state index in [0.29, 0.717) is 0 Å². The van der Waals surface area contributed by atoms with Gasteiger partial charge in [0.1, 0.15) is 22.3 Å². The summed E-state index contributed by atoms with van der Waals surface area (Å²) in [5, 5.41) is 6.99. The van der Waals surface area contributed by atoms with E-state index < -0.39 is 0 Å². The maximum atomic E-state index is 6.63. The number of hydrogen-bond donors (Lipinski definition) is 0. The monoisotopic (exact) mass is 499 g/mol. The molecule has 0 atom stereocenters. The van der Waals surface area contributed by atoms with Crippen LogP contribution in [0.3, 0.4) is 0 Å². The van der Waals surface area contributed by atoms with E-state index in [1.54, 1.807) is 0 Å². The van der Waals surface area contributed by atoms with Gasteiger partial charge in [0.25, 0.3) is 0 Å². The molecule has 0 aliphatic carbocycles. The number of aromatic nitrogens is 1. The highest BCUT2D eigenvalue weighted by molar-refractivity contribution is 6.12. The molecule has 0 saturated heterocycles. The molecule has 9 aromatic rings. The molecule has 0 radical (unpaired) electrons. The third-order valence-electron chi connectivity index (χ3n) is 8.01. The predicted octanol–water partition coefficient (Wildman–Crippen LogP) is 10.2. The van der Waals surface area contributed by atoms with E-state index in [4.69, 9.17) is 8.83 Å². The van der Waals surface area contributed by atoms with Gasteiger partial charge in [-0.25, -0.2) is 0 Å². The van der Waals surface area contributed by atoms with Crippen molar-refractivity contribution in [3.63, 3.8) is 0 Å². The van der Waals surface area contributed by atoms with Gasteiger partial charge in [-0.1, -0.05) is 78.9 Å². The van der Waals surface area contributed by atoms with Crippen LogP contribution in [0.25, 0.3) is 82.5 Å². The zero-order valence-electron chi connectivity index (χ0n) is 20.9. The molecule has 6 aromatic carbocycles. The van der Waals surface area contributed by atoms with Crippen LogP contribution >= 0.6 is 0 Å². The average molecular weight is 500 g/mol. The van der Waals surface area contributed by atoms with Crippen LogP contribution in [-0.2, 0) is 0 Å². The lowest BCUT2D eigenvalue weighted by molar-refractivity contribution is 0.668. The van der Waals surface area contributed by atoms with Gasteiger partial charge in [0.05, 0.1) is 11.0 Å². The highest BCUT2D eigenvalue weighted by Gasteiger charge is 2.16. The fraction of sp³-hybridized carbons (Fsp3) is 0. The molecule has 39 heavy (non-hydrogen) atoms. The second-order valence-corrected chi connectivity index (χ2v) is 10.1. The van der Waals surface area contributed by atoms with Crippen molar-refractivity contribution in [2.75, 3.05) is 0 Å². The number of rotatable bonds is 2.